The molecule has 0 fully saturated rings. The van der Waals surface area contributed by atoms with Gasteiger partial charge in [0.15, 0.2) is 0 Å². The van der Waals surface area contributed by atoms with Crippen molar-refractivity contribution in [1.82, 2.24) is 9.97 Å². The van der Waals surface area contributed by atoms with E-state index in [9.17, 15) is 9.59 Å². The summed E-state index contributed by atoms with van der Waals surface area (Å²) in [5, 5.41) is 2.87. The van der Waals surface area contributed by atoms with Gasteiger partial charge in [-0.3, -0.25) is 4.79 Å². The second-order valence-electron chi connectivity index (χ2n) is 4.79. The summed E-state index contributed by atoms with van der Waals surface area (Å²) < 4.78 is 0. The Bertz CT molecular complexity index is 862. The van der Waals surface area contributed by atoms with Gasteiger partial charge in [-0.15, -0.1) is 11.3 Å². The molecule has 0 aliphatic heterocycles. The number of thiophene rings is 1. The fourth-order valence-electron chi connectivity index (χ4n) is 2.01. The van der Waals surface area contributed by atoms with Gasteiger partial charge in [0.05, 0.1) is 4.88 Å². The monoisotopic (exact) mass is 311 g/mol. The number of anilines is 1. The van der Waals surface area contributed by atoms with E-state index in [1.54, 1.807) is 12.3 Å². The van der Waals surface area contributed by atoms with Gasteiger partial charge in [-0.1, -0.05) is 12.1 Å². The highest BCUT2D eigenvalue weighted by atomic mass is 32.1. The first-order valence-electron chi connectivity index (χ1n) is 6.65. The molecule has 3 aromatic rings. The summed E-state index contributed by atoms with van der Waals surface area (Å²) in [6.07, 6.45) is 3.08. The molecular formula is C16H13N3O2S. The Hall–Kier alpha value is -2.73. The maximum absolute atomic E-state index is 12.3. The predicted octanol–water partition coefficient (Wildman–Crippen LogP) is 3.06. The van der Waals surface area contributed by atoms with Crippen LogP contribution in [0.25, 0.3) is 10.4 Å². The van der Waals surface area contributed by atoms with Gasteiger partial charge in [0.2, 0.25) is 0 Å². The van der Waals surface area contributed by atoms with Gasteiger partial charge in [-0.05, 0) is 36.8 Å². The topological polar surface area (TPSA) is 74.8 Å². The summed E-state index contributed by atoms with van der Waals surface area (Å²) in [7, 11) is 0. The number of hydrogen-bond donors (Lipinski definition) is 2. The molecule has 0 bridgehead atoms. The maximum atomic E-state index is 12.3. The first-order chi connectivity index (χ1) is 10.6. The minimum absolute atomic E-state index is 0.153. The van der Waals surface area contributed by atoms with E-state index in [1.807, 2.05) is 37.3 Å². The van der Waals surface area contributed by atoms with Gasteiger partial charge >= 0.3 is 5.69 Å². The number of carbonyl (C=O) groups is 1. The average Bonchev–Trinajstić information content (AvgIpc) is 2.98. The van der Waals surface area contributed by atoms with E-state index in [1.165, 1.54) is 17.5 Å². The highest BCUT2D eigenvalue weighted by molar-refractivity contribution is 7.17. The van der Waals surface area contributed by atoms with Gasteiger partial charge in [-0.2, -0.15) is 0 Å². The molecular weight excluding hydrogens is 298 g/mol. The number of benzene rings is 1. The van der Waals surface area contributed by atoms with E-state index in [0.717, 1.165) is 21.7 Å². The van der Waals surface area contributed by atoms with Crippen molar-refractivity contribution in [1.29, 1.82) is 0 Å². The second-order valence-corrected chi connectivity index (χ2v) is 5.88. The molecule has 3 rings (SSSR count). The number of aromatic amines is 1. The highest BCUT2D eigenvalue weighted by Crippen LogP contribution is 2.27. The molecule has 6 heteroatoms. The molecule has 0 aliphatic carbocycles. The molecule has 2 aromatic heterocycles. The van der Waals surface area contributed by atoms with E-state index in [4.69, 9.17) is 0 Å². The Labute approximate surface area is 130 Å². The van der Waals surface area contributed by atoms with E-state index in [0.29, 0.717) is 4.88 Å². The summed E-state index contributed by atoms with van der Waals surface area (Å²) >= 11 is 1.35. The van der Waals surface area contributed by atoms with Gasteiger partial charge in [0.1, 0.15) is 0 Å². The van der Waals surface area contributed by atoms with Crippen LogP contribution in [0.15, 0.2) is 53.6 Å². The third kappa shape index (κ3) is 3.12. The number of nitrogens with one attached hydrogen (secondary N) is 2. The van der Waals surface area contributed by atoms with Crippen LogP contribution in [0.3, 0.4) is 0 Å². The molecule has 0 atom stereocenters. The van der Waals surface area contributed by atoms with Crippen molar-refractivity contribution in [2.45, 2.75) is 6.92 Å². The average molecular weight is 311 g/mol. The molecule has 0 unspecified atom stereocenters. The van der Waals surface area contributed by atoms with Crippen LogP contribution in [0.1, 0.15) is 15.2 Å². The molecule has 0 aliphatic rings. The predicted molar refractivity (Wildman–Crippen MR) is 87.3 cm³/mol. The van der Waals surface area contributed by atoms with Crippen molar-refractivity contribution in [2.24, 2.45) is 0 Å². The third-order valence-electron chi connectivity index (χ3n) is 3.06. The fourth-order valence-corrected chi connectivity index (χ4v) is 2.89. The molecule has 0 spiro atoms. The lowest BCUT2D eigenvalue weighted by Gasteiger charge is -2.04. The largest absolute Gasteiger partial charge is 0.344 e. The maximum Gasteiger partial charge on any atom is 0.344 e. The van der Waals surface area contributed by atoms with E-state index in [2.05, 4.69) is 15.3 Å². The van der Waals surface area contributed by atoms with E-state index in [-0.39, 0.29) is 5.91 Å². The van der Waals surface area contributed by atoms with Crippen molar-refractivity contribution in [3.05, 3.63) is 69.7 Å². The van der Waals surface area contributed by atoms with Gasteiger partial charge in [0.25, 0.3) is 5.91 Å². The van der Waals surface area contributed by atoms with E-state index < -0.39 is 5.69 Å². The van der Waals surface area contributed by atoms with E-state index >= 15 is 0 Å². The van der Waals surface area contributed by atoms with Crippen molar-refractivity contribution in [3.63, 3.8) is 0 Å². The number of aryl methyl sites for hydroxylation is 1. The Morgan fingerprint density at radius 1 is 1.27 bits per heavy atom. The Balaban J connectivity index is 1.79. The van der Waals surface area contributed by atoms with Crippen LogP contribution in [0, 0.1) is 6.92 Å². The number of hydrogen-bond acceptors (Lipinski definition) is 4. The molecule has 5 nitrogen and oxygen atoms in total. The molecule has 2 N–H and O–H groups in total. The Morgan fingerprint density at radius 2 is 2.14 bits per heavy atom. The Kier molecular flexibility index (Phi) is 3.84. The number of rotatable bonds is 3. The zero-order chi connectivity index (χ0) is 15.5. The number of aromatic nitrogens is 2. The standard InChI is InChI=1S/C16H13N3O2S/c1-10-3-2-4-12(7-10)19-15(20)14-6-5-13(22-14)11-8-17-16(21)18-9-11/h2-9H,1H3,(H,19,20)(H,17,18,21). The normalized spacial score (nSPS) is 10.4. The lowest BCUT2D eigenvalue weighted by molar-refractivity contribution is 0.103. The molecule has 0 saturated heterocycles. The van der Waals surface area contributed by atoms with Crippen LogP contribution in [-0.4, -0.2) is 15.9 Å². The number of nitrogens with zero attached hydrogens (tertiary/aromatic N) is 1. The van der Waals surface area contributed by atoms with Gasteiger partial charge < -0.3 is 10.3 Å². The molecule has 2 heterocycles. The minimum Gasteiger partial charge on any atom is -0.321 e. The van der Waals surface area contributed by atoms with Crippen LogP contribution in [-0.2, 0) is 0 Å². The smallest absolute Gasteiger partial charge is 0.321 e. The first kappa shape index (κ1) is 14.2. The number of H-pyrrole nitrogens is 1. The van der Waals surface area contributed by atoms with Gasteiger partial charge in [0, 0.05) is 28.5 Å². The van der Waals surface area contributed by atoms with Crippen molar-refractivity contribution >= 4 is 22.9 Å². The van der Waals surface area contributed by atoms with Crippen LogP contribution in [0.4, 0.5) is 5.69 Å². The molecule has 0 radical (unpaired) electrons. The zero-order valence-corrected chi connectivity index (χ0v) is 12.6. The highest BCUT2D eigenvalue weighted by Gasteiger charge is 2.11. The van der Waals surface area contributed by atoms with Crippen molar-refractivity contribution < 1.29 is 4.79 Å². The van der Waals surface area contributed by atoms with Crippen molar-refractivity contribution in [2.75, 3.05) is 5.32 Å². The number of amides is 1. The molecule has 110 valence electrons. The second kappa shape index (κ2) is 5.95. The van der Waals surface area contributed by atoms with Crippen LogP contribution in [0.2, 0.25) is 0 Å². The minimum atomic E-state index is -0.391. The quantitative estimate of drug-likeness (QED) is 0.780. The lowest BCUT2D eigenvalue weighted by atomic mass is 10.2. The molecule has 22 heavy (non-hydrogen) atoms. The summed E-state index contributed by atoms with van der Waals surface area (Å²) in [6, 6.07) is 11.2. The first-order valence-corrected chi connectivity index (χ1v) is 7.46. The van der Waals surface area contributed by atoms with Crippen LogP contribution in [0.5, 0.6) is 0 Å². The zero-order valence-electron chi connectivity index (χ0n) is 11.8. The molecule has 1 aromatic carbocycles. The summed E-state index contributed by atoms with van der Waals surface area (Å²) in [5.41, 5.74) is 2.24. The molecule has 1 amide bonds. The third-order valence-corrected chi connectivity index (χ3v) is 4.20. The SMILES string of the molecule is Cc1cccc(NC(=O)c2ccc(-c3cnc(=O)[nH]c3)s2)c1. The summed E-state index contributed by atoms with van der Waals surface area (Å²) in [6.45, 7) is 1.97. The summed E-state index contributed by atoms with van der Waals surface area (Å²) in [4.78, 5) is 30.9. The van der Waals surface area contributed by atoms with Crippen LogP contribution >= 0.6 is 11.3 Å². The van der Waals surface area contributed by atoms with Crippen molar-refractivity contribution in [3.8, 4) is 10.4 Å². The van der Waals surface area contributed by atoms with Gasteiger partial charge in [-0.25, -0.2) is 9.78 Å². The Morgan fingerprint density at radius 3 is 2.86 bits per heavy atom. The summed E-state index contributed by atoms with van der Waals surface area (Å²) in [5.74, 6) is -0.153. The number of carbonyl (C=O) groups excluding carboxylic acids is 1. The van der Waals surface area contributed by atoms with Crippen LogP contribution < -0.4 is 11.0 Å². The lowest BCUT2D eigenvalue weighted by Crippen LogP contribution is -2.10. The fraction of sp³-hybridized carbons (Fsp3) is 0.0625. The molecule has 0 saturated carbocycles.